The van der Waals surface area contributed by atoms with Crippen molar-refractivity contribution in [1.29, 1.82) is 0 Å². The highest BCUT2D eigenvalue weighted by atomic mass is 35.5. The summed E-state index contributed by atoms with van der Waals surface area (Å²) in [6.07, 6.45) is 3.79. The van der Waals surface area contributed by atoms with Crippen LogP contribution < -0.4 is 15.5 Å². The van der Waals surface area contributed by atoms with Crippen molar-refractivity contribution in [2.24, 2.45) is 5.10 Å². The molecule has 0 saturated carbocycles. The summed E-state index contributed by atoms with van der Waals surface area (Å²) in [4.78, 5) is 12.8. The third kappa shape index (κ3) is 5.92. The quantitative estimate of drug-likeness (QED) is 0.348. The van der Waals surface area contributed by atoms with Crippen molar-refractivity contribution in [2.45, 2.75) is 18.5 Å². The second-order valence-electron chi connectivity index (χ2n) is 7.75. The van der Waals surface area contributed by atoms with Crippen LogP contribution in [0.5, 0.6) is 5.75 Å². The highest BCUT2D eigenvalue weighted by Gasteiger charge is 2.29. The Morgan fingerprint density at radius 3 is 2.44 bits per heavy atom. The van der Waals surface area contributed by atoms with E-state index in [4.69, 9.17) is 39.5 Å². The summed E-state index contributed by atoms with van der Waals surface area (Å²) in [6, 6.07) is 19.7. The smallest absolute Gasteiger partial charge is 0.244 e. The second kappa shape index (κ2) is 11.0. The zero-order valence-corrected chi connectivity index (χ0v) is 20.5. The Kier molecular flexibility index (Phi) is 7.78. The first kappa shape index (κ1) is 24.1. The minimum Gasteiger partial charge on any atom is -0.497 e. The van der Waals surface area contributed by atoms with Crippen molar-refractivity contribution < 1.29 is 9.53 Å². The van der Waals surface area contributed by atoms with Gasteiger partial charge in [0, 0.05) is 27.6 Å². The van der Waals surface area contributed by atoms with E-state index in [9.17, 15) is 4.79 Å². The second-order valence-corrected chi connectivity index (χ2v) is 9.03. The molecular weight excluding hydrogens is 493 g/mol. The third-order valence-electron chi connectivity index (χ3n) is 5.49. The number of benzene rings is 3. The monoisotopic (exact) mass is 513 g/mol. The Labute approximate surface area is 213 Å². The minimum absolute atomic E-state index is 0.0315. The van der Waals surface area contributed by atoms with Gasteiger partial charge in [0.1, 0.15) is 5.75 Å². The molecule has 1 aliphatic rings. The first-order valence-corrected chi connectivity index (χ1v) is 11.7. The molecule has 2 N–H and O–H groups in total. The van der Waals surface area contributed by atoms with E-state index in [0.717, 1.165) is 28.2 Å². The number of methoxy groups -OCH3 is 1. The summed E-state index contributed by atoms with van der Waals surface area (Å²) in [5.41, 5.74) is 6.58. The maximum Gasteiger partial charge on any atom is 0.244 e. The highest BCUT2D eigenvalue weighted by molar-refractivity contribution is 6.35. The molecule has 0 saturated heterocycles. The van der Waals surface area contributed by atoms with Crippen molar-refractivity contribution in [3.05, 3.63) is 105 Å². The maximum absolute atomic E-state index is 12.8. The van der Waals surface area contributed by atoms with Gasteiger partial charge in [-0.1, -0.05) is 65.1 Å². The number of carbonyl (C=O) groups is 1. The van der Waals surface area contributed by atoms with Crippen LogP contribution in [0.1, 0.15) is 35.2 Å². The number of halogens is 3. The van der Waals surface area contributed by atoms with Gasteiger partial charge in [0.15, 0.2) is 0 Å². The molecule has 0 radical (unpaired) electrons. The molecule has 1 heterocycles. The van der Waals surface area contributed by atoms with Crippen LogP contribution in [-0.4, -0.2) is 18.7 Å². The number of hydrogen-bond donors (Lipinski definition) is 2. The molecule has 5 nitrogen and oxygen atoms in total. The molecule has 0 spiro atoms. The van der Waals surface area contributed by atoms with Crippen molar-refractivity contribution >= 4 is 52.5 Å². The predicted octanol–water partition coefficient (Wildman–Crippen LogP) is 6.62. The number of hydrogen-bond acceptors (Lipinski definition) is 4. The molecule has 0 aromatic heterocycles. The SMILES string of the molecule is COc1ccc(C2CC(C(NC(=O)C=Cc3ccc(Cl)cc3)c3ccc(Cl)cc3Cl)=NN2)cc1. The lowest BCUT2D eigenvalue weighted by molar-refractivity contribution is -0.116. The van der Waals surface area contributed by atoms with Crippen LogP contribution in [0.2, 0.25) is 15.1 Å². The molecule has 2 atom stereocenters. The van der Waals surface area contributed by atoms with E-state index in [0.29, 0.717) is 21.5 Å². The Morgan fingerprint density at radius 2 is 1.76 bits per heavy atom. The maximum atomic E-state index is 12.8. The summed E-state index contributed by atoms with van der Waals surface area (Å²) < 4.78 is 5.24. The Bertz CT molecular complexity index is 1230. The van der Waals surface area contributed by atoms with Gasteiger partial charge in [-0.15, -0.1) is 0 Å². The van der Waals surface area contributed by atoms with Crippen molar-refractivity contribution in [3.8, 4) is 5.75 Å². The summed E-state index contributed by atoms with van der Waals surface area (Å²) in [5.74, 6) is 0.509. The number of hydrazone groups is 1. The van der Waals surface area contributed by atoms with Crippen molar-refractivity contribution in [2.75, 3.05) is 7.11 Å². The fourth-order valence-corrected chi connectivity index (χ4v) is 4.33. The van der Waals surface area contributed by atoms with Gasteiger partial charge in [0.25, 0.3) is 0 Å². The fourth-order valence-electron chi connectivity index (χ4n) is 3.68. The topological polar surface area (TPSA) is 62.7 Å². The van der Waals surface area contributed by atoms with Gasteiger partial charge in [-0.25, -0.2) is 0 Å². The molecule has 0 fully saturated rings. The average Bonchev–Trinajstić information content (AvgIpc) is 3.33. The van der Waals surface area contributed by atoms with Gasteiger partial charge >= 0.3 is 0 Å². The van der Waals surface area contributed by atoms with Gasteiger partial charge in [0.2, 0.25) is 5.91 Å². The van der Waals surface area contributed by atoms with Crippen LogP contribution in [0.4, 0.5) is 0 Å². The first-order chi connectivity index (χ1) is 16.4. The van der Waals surface area contributed by atoms with E-state index in [2.05, 4.69) is 15.8 Å². The molecule has 34 heavy (non-hydrogen) atoms. The van der Waals surface area contributed by atoms with E-state index in [1.165, 1.54) is 6.08 Å². The number of ether oxygens (including phenoxy) is 1. The lowest BCUT2D eigenvalue weighted by Crippen LogP contribution is -2.32. The number of rotatable bonds is 7. The number of nitrogens with one attached hydrogen (secondary N) is 2. The molecule has 1 aliphatic heterocycles. The largest absolute Gasteiger partial charge is 0.497 e. The standard InChI is InChI=1S/C26H22Cl3N3O2/c1-34-20-10-5-17(6-11-20)23-15-24(32-31-23)26(21-12-9-19(28)14-22(21)29)30-25(33)13-4-16-2-7-18(27)8-3-16/h2-14,23,26,31H,15H2,1H3,(H,30,33). The minimum atomic E-state index is -0.525. The van der Waals surface area contributed by atoms with Crippen LogP contribution in [-0.2, 0) is 4.79 Å². The van der Waals surface area contributed by atoms with Gasteiger partial charge in [-0.2, -0.15) is 5.10 Å². The van der Waals surface area contributed by atoms with Crippen molar-refractivity contribution in [3.63, 3.8) is 0 Å². The van der Waals surface area contributed by atoms with Crippen LogP contribution in [0.15, 0.2) is 77.9 Å². The van der Waals surface area contributed by atoms with Crippen LogP contribution >= 0.6 is 34.8 Å². The molecule has 3 aromatic rings. The summed E-state index contributed by atoms with van der Waals surface area (Å²) in [5, 5.41) is 9.19. The zero-order valence-electron chi connectivity index (χ0n) is 18.3. The molecule has 3 aromatic carbocycles. The molecule has 8 heteroatoms. The lowest BCUT2D eigenvalue weighted by Gasteiger charge is -2.20. The van der Waals surface area contributed by atoms with E-state index in [1.807, 2.05) is 42.5 Å². The molecule has 0 bridgehead atoms. The molecule has 1 amide bonds. The molecule has 2 unspecified atom stereocenters. The number of amides is 1. The molecule has 174 valence electrons. The van der Waals surface area contributed by atoms with Crippen LogP contribution in [0.25, 0.3) is 6.08 Å². The average molecular weight is 515 g/mol. The Hall–Kier alpha value is -2.99. The van der Waals surface area contributed by atoms with Crippen molar-refractivity contribution in [1.82, 2.24) is 10.7 Å². The number of carbonyl (C=O) groups excluding carboxylic acids is 1. The third-order valence-corrected chi connectivity index (χ3v) is 6.30. The van der Waals surface area contributed by atoms with Gasteiger partial charge in [-0.3, -0.25) is 4.79 Å². The first-order valence-electron chi connectivity index (χ1n) is 10.6. The fraction of sp³-hybridized carbons (Fsp3) is 0.154. The van der Waals surface area contributed by atoms with Gasteiger partial charge < -0.3 is 15.5 Å². The van der Waals surface area contributed by atoms with E-state index >= 15 is 0 Å². The molecular formula is C26H22Cl3N3O2. The molecule has 4 rings (SSSR count). The van der Waals surface area contributed by atoms with E-state index in [-0.39, 0.29) is 11.9 Å². The number of nitrogens with zero attached hydrogens (tertiary/aromatic N) is 1. The lowest BCUT2D eigenvalue weighted by atomic mass is 9.95. The van der Waals surface area contributed by atoms with Crippen LogP contribution in [0.3, 0.4) is 0 Å². The van der Waals surface area contributed by atoms with E-state index in [1.54, 1.807) is 37.5 Å². The van der Waals surface area contributed by atoms with E-state index < -0.39 is 6.04 Å². The Balaban J connectivity index is 1.54. The van der Waals surface area contributed by atoms with Gasteiger partial charge in [-0.05, 0) is 59.2 Å². The predicted molar refractivity (Wildman–Crippen MR) is 139 cm³/mol. The summed E-state index contributed by atoms with van der Waals surface area (Å²) in [7, 11) is 1.63. The van der Waals surface area contributed by atoms with Gasteiger partial charge in [0.05, 0.1) is 24.9 Å². The summed E-state index contributed by atoms with van der Waals surface area (Å²) >= 11 is 18.5. The highest BCUT2D eigenvalue weighted by Crippen LogP contribution is 2.32. The molecule has 0 aliphatic carbocycles. The zero-order chi connectivity index (χ0) is 24.1. The normalized spacial score (nSPS) is 16.1. The van der Waals surface area contributed by atoms with Crippen LogP contribution in [0, 0.1) is 0 Å². The Morgan fingerprint density at radius 1 is 1.06 bits per heavy atom. The summed E-state index contributed by atoms with van der Waals surface area (Å²) in [6.45, 7) is 0.